The second-order valence-corrected chi connectivity index (χ2v) is 7.63. The second kappa shape index (κ2) is 7.67. The van der Waals surface area contributed by atoms with Gasteiger partial charge >= 0.3 is 0 Å². The van der Waals surface area contributed by atoms with E-state index in [1.165, 1.54) is 38.5 Å². The van der Waals surface area contributed by atoms with Crippen molar-refractivity contribution in [3.63, 3.8) is 0 Å². The van der Waals surface area contributed by atoms with Crippen LogP contribution in [0.3, 0.4) is 0 Å². The summed E-state index contributed by atoms with van der Waals surface area (Å²) in [6.07, 6.45) is 4.36. The molecule has 0 atom stereocenters. The minimum atomic E-state index is 1.06. The third-order valence-corrected chi connectivity index (χ3v) is 5.52. The Labute approximate surface area is 167 Å². The van der Waals surface area contributed by atoms with Crippen LogP contribution in [0.1, 0.15) is 37.9 Å². The van der Waals surface area contributed by atoms with Crippen LogP contribution in [-0.2, 0) is 0 Å². The van der Waals surface area contributed by atoms with Gasteiger partial charge in [0.05, 0.1) is 17.1 Å². The number of H-pyrrole nitrogens is 1. The summed E-state index contributed by atoms with van der Waals surface area (Å²) in [5.74, 6) is 0. The van der Waals surface area contributed by atoms with Crippen LogP contribution in [-0.4, -0.2) is 23.1 Å². The molecule has 2 aromatic carbocycles. The van der Waals surface area contributed by atoms with E-state index < -0.39 is 0 Å². The molecular formula is C25H29N3. The highest BCUT2D eigenvalue weighted by atomic mass is 15.1. The lowest BCUT2D eigenvalue weighted by molar-refractivity contribution is 0.743. The third-order valence-electron chi connectivity index (χ3n) is 5.52. The minimum Gasteiger partial charge on any atom is -0.370 e. The molecular weight excluding hydrogens is 342 g/mol. The van der Waals surface area contributed by atoms with E-state index in [0.29, 0.717) is 0 Å². The average molecular weight is 372 g/mol. The minimum absolute atomic E-state index is 1.06. The summed E-state index contributed by atoms with van der Waals surface area (Å²) < 4.78 is 0. The van der Waals surface area contributed by atoms with Crippen LogP contribution in [0.25, 0.3) is 32.9 Å². The van der Waals surface area contributed by atoms with Crippen LogP contribution in [0, 0.1) is 13.8 Å². The van der Waals surface area contributed by atoms with E-state index in [2.05, 4.69) is 86.2 Å². The molecule has 0 saturated carbocycles. The summed E-state index contributed by atoms with van der Waals surface area (Å²) in [4.78, 5) is 11.1. The monoisotopic (exact) mass is 371 g/mol. The summed E-state index contributed by atoms with van der Waals surface area (Å²) >= 11 is 0. The molecule has 144 valence electrons. The van der Waals surface area contributed by atoms with Gasteiger partial charge in [-0.05, 0) is 38.3 Å². The van der Waals surface area contributed by atoms with Gasteiger partial charge in [-0.3, -0.25) is 4.98 Å². The lowest BCUT2D eigenvalue weighted by Gasteiger charge is -2.27. The molecule has 2 aromatic heterocycles. The van der Waals surface area contributed by atoms with Crippen molar-refractivity contribution >= 4 is 27.4 Å². The van der Waals surface area contributed by atoms with Gasteiger partial charge in [0.2, 0.25) is 0 Å². The fraction of sp³-hybridized carbons (Fsp3) is 0.320. The highest BCUT2D eigenvalue weighted by Gasteiger charge is 2.18. The third kappa shape index (κ3) is 3.05. The highest BCUT2D eigenvalue weighted by molar-refractivity contribution is 6.08. The Hall–Kier alpha value is -2.81. The predicted molar refractivity (Wildman–Crippen MR) is 121 cm³/mol. The fourth-order valence-electron chi connectivity index (χ4n) is 4.40. The van der Waals surface area contributed by atoms with Gasteiger partial charge in [0.15, 0.2) is 0 Å². The zero-order valence-electron chi connectivity index (χ0n) is 17.3. The van der Waals surface area contributed by atoms with E-state index in [4.69, 9.17) is 4.98 Å². The topological polar surface area (TPSA) is 31.9 Å². The zero-order chi connectivity index (χ0) is 19.7. The SMILES string of the molecule is CCCN(CCC)c1c(C)nc(-c2cccc3[nH]cc(C)c23)c2ccccc12. The van der Waals surface area contributed by atoms with Gasteiger partial charge < -0.3 is 9.88 Å². The molecule has 0 aliphatic heterocycles. The van der Waals surface area contributed by atoms with Gasteiger partial charge in [-0.15, -0.1) is 0 Å². The fourth-order valence-corrected chi connectivity index (χ4v) is 4.40. The number of anilines is 1. The van der Waals surface area contributed by atoms with Crippen molar-refractivity contribution in [2.24, 2.45) is 0 Å². The summed E-state index contributed by atoms with van der Waals surface area (Å²) in [6.45, 7) is 10.9. The molecule has 1 N–H and O–H groups in total. The molecule has 3 nitrogen and oxygen atoms in total. The molecule has 0 radical (unpaired) electrons. The van der Waals surface area contributed by atoms with E-state index in [1.54, 1.807) is 0 Å². The highest BCUT2D eigenvalue weighted by Crippen LogP contribution is 2.38. The van der Waals surface area contributed by atoms with Crippen LogP contribution in [0.4, 0.5) is 5.69 Å². The number of fused-ring (bicyclic) bond motifs is 2. The number of benzene rings is 2. The first-order valence-electron chi connectivity index (χ1n) is 10.4. The molecule has 0 unspecified atom stereocenters. The standard InChI is InChI=1S/C25H29N3/c1-5-14-28(15-6-2)25-18(4)27-24(19-10-7-8-11-20(19)25)21-12-9-13-22-23(21)17(3)16-26-22/h7-13,16,26H,5-6,14-15H2,1-4H3. The largest absolute Gasteiger partial charge is 0.370 e. The van der Waals surface area contributed by atoms with Crippen LogP contribution in [0.2, 0.25) is 0 Å². The van der Waals surface area contributed by atoms with E-state index in [0.717, 1.165) is 37.3 Å². The van der Waals surface area contributed by atoms with Crippen LogP contribution in [0.5, 0.6) is 0 Å². The molecule has 0 saturated heterocycles. The number of aromatic amines is 1. The Morgan fingerprint density at radius 3 is 2.32 bits per heavy atom. The first-order valence-corrected chi connectivity index (χ1v) is 10.4. The molecule has 0 amide bonds. The van der Waals surface area contributed by atoms with Crippen LogP contribution < -0.4 is 4.90 Å². The number of aryl methyl sites for hydroxylation is 2. The van der Waals surface area contributed by atoms with Crippen LogP contribution in [0.15, 0.2) is 48.7 Å². The van der Waals surface area contributed by atoms with Crippen molar-refractivity contribution in [3.8, 4) is 11.3 Å². The van der Waals surface area contributed by atoms with Crippen LogP contribution >= 0.6 is 0 Å². The van der Waals surface area contributed by atoms with Crippen molar-refractivity contribution in [2.45, 2.75) is 40.5 Å². The molecule has 0 bridgehead atoms. The molecule has 0 spiro atoms. The first-order chi connectivity index (χ1) is 13.7. The van der Waals surface area contributed by atoms with Gasteiger partial charge in [0, 0.05) is 46.5 Å². The Bertz CT molecular complexity index is 1120. The van der Waals surface area contributed by atoms with Gasteiger partial charge in [-0.2, -0.15) is 0 Å². The maximum atomic E-state index is 5.17. The maximum Gasteiger partial charge on any atom is 0.0792 e. The number of rotatable bonds is 6. The predicted octanol–water partition coefficient (Wildman–Crippen LogP) is 6.63. The van der Waals surface area contributed by atoms with E-state index >= 15 is 0 Å². The lowest BCUT2D eigenvalue weighted by Crippen LogP contribution is -2.26. The van der Waals surface area contributed by atoms with Gasteiger partial charge in [0.25, 0.3) is 0 Å². The molecule has 3 heteroatoms. The Morgan fingerprint density at radius 1 is 0.893 bits per heavy atom. The Morgan fingerprint density at radius 2 is 1.61 bits per heavy atom. The summed E-state index contributed by atoms with van der Waals surface area (Å²) in [7, 11) is 0. The molecule has 0 aliphatic carbocycles. The molecule has 4 rings (SSSR count). The molecule has 4 aromatic rings. The maximum absolute atomic E-state index is 5.17. The first kappa shape index (κ1) is 18.5. The van der Waals surface area contributed by atoms with Gasteiger partial charge in [0.1, 0.15) is 0 Å². The number of hydrogen-bond acceptors (Lipinski definition) is 2. The average Bonchev–Trinajstić information content (AvgIpc) is 3.09. The van der Waals surface area contributed by atoms with Crippen molar-refractivity contribution in [1.29, 1.82) is 0 Å². The zero-order valence-corrected chi connectivity index (χ0v) is 17.3. The number of hydrogen-bond donors (Lipinski definition) is 1. The second-order valence-electron chi connectivity index (χ2n) is 7.63. The number of nitrogens with one attached hydrogen (secondary N) is 1. The molecule has 28 heavy (non-hydrogen) atoms. The quantitative estimate of drug-likeness (QED) is 0.413. The molecule has 0 aliphatic rings. The normalized spacial score (nSPS) is 11.4. The van der Waals surface area contributed by atoms with Crippen molar-refractivity contribution in [3.05, 3.63) is 59.9 Å². The smallest absolute Gasteiger partial charge is 0.0792 e. The van der Waals surface area contributed by atoms with E-state index in [-0.39, 0.29) is 0 Å². The molecule has 0 fully saturated rings. The van der Waals surface area contributed by atoms with Crippen molar-refractivity contribution in [2.75, 3.05) is 18.0 Å². The summed E-state index contributed by atoms with van der Waals surface area (Å²) in [5.41, 5.74) is 7.12. The summed E-state index contributed by atoms with van der Waals surface area (Å²) in [6, 6.07) is 15.2. The van der Waals surface area contributed by atoms with Crippen molar-refractivity contribution < 1.29 is 0 Å². The Kier molecular flexibility index (Phi) is 5.08. The van der Waals surface area contributed by atoms with E-state index in [9.17, 15) is 0 Å². The Balaban J connectivity index is 2.02. The number of aromatic nitrogens is 2. The van der Waals surface area contributed by atoms with Gasteiger partial charge in [-0.25, -0.2) is 0 Å². The van der Waals surface area contributed by atoms with Gasteiger partial charge in [-0.1, -0.05) is 50.2 Å². The lowest BCUT2D eigenvalue weighted by atomic mass is 9.97. The molecule has 2 heterocycles. The van der Waals surface area contributed by atoms with Crippen molar-refractivity contribution in [1.82, 2.24) is 9.97 Å². The van der Waals surface area contributed by atoms with E-state index in [1.807, 2.05) is 0 Å². The summed E-state index contributed by atoms with van der Waals surface area (Å²) in [5, 5.41) is 3.80. The number of nitrogens with zero attached hydrogens (tertiary/aromatic N) is 2. The number of pyridine rings is 1.